The Hall–Kier alpha value is -2.56. The second-order valence-corrected chi connectivity index (χ2v) is 4.99. The van der Waals surface area contributed by atoms with Crippen molar-refractivity contribution in [3.05, 3.63) is 42.5 Å². The standard InChI is InChI=1S/C18H23NO4/c1-20-15-6-8-16(9-7-15)22-11-3-4-12-23-17-10-5-14(19)13-18(17)21-2/h5-10,13H,3-4,11-12,19H2,1-2H3. The highest BCUT2D eigenvalue weighted by Gasteiger charge is 2.04. The van der Waals surface area contributed by atoms with Crippen LogP contribution in [0.15, 0.2) is 42.5 Å². The molecule has 0 unspecified atom stereocenters. The van der Waals surface area contributed by atoms with E-state index in [0.717, 1.165) is 24.3 Å². The average molecular weight is 317 g/mol. The molecule has 124 valence electrons. The SMILES string of the molecule is COc1ccc(OCCCCOc2ccc(N)cc2OC)cc1. The number of unbranched alkanes of at least 4 members (excludes halogenated alkanes) is 1. The quantitative estimate of drug-likeness (QED) is 0.566. The summed E-state index contributed by atoms with van der Waals surface area (Å²) in [4.78, 5) is 0. The van der Waals surface area contributed by atoms with Gasteiger partial charge in [0.25, 0.3) is 0 Å². The molecule has 0 amide bonds. The van der Waals surface area contributed by atoms with Crippen molar-refractivity contribution in [2.45, 2.75) is 12.8 Å². The number of anilines is 1. The van der Waals surface area contributed by atoms with Crippen LogP contribution in [0.25, 0.3) is 0 Å². The van der Waals surface area contributed by atoms with E-state index in [0.29, 0.717) is 30.4 Å². The molecule has 0 radical (unpaired) electrons. The van der Waals surface area contributed by atoms with Crippen LogP contribution >= 0.6 is 0 Å². The molecule has 0 aliphatic carbocycles. The number of benzene rings is 2. The molecular weight excluding hydrogens is 294 g/mol. The summed E-state index contributed by atoms with van der Waals surface area (Å²) in [6, 6.07) is 12.9. The Morgan fingerprint density at radius 3 is 2.04 bits per heavy atom. The van der Waals surface area contributed by atoms with Gasteiger partial charge in [-0.15, -0.1) is 0 Å². The van der Waals surface area contributed by atoms with Crippen molar-refractivity contribution in [2.24, 2.45) is 0 Å². The van der Waals surface area contributed by atoms with Crippen LogP contribution in [0.4, 0.5) is 5.69 Å². The number of ether oxygens (including phenoxy) is 4. The molecular formula is C18H23NO4. The summed E-state index contributed by atoms with van der Waals surface area (Å²) in [5, 5.41) is 0. The van der Waals surface area contributed by atoms with Gasteiger partial charge >= 0.3 is 0 Å². The molecule has 2 aromatic carbocycles. The van der Waals surface area contributed by atoms with Gasteiger partial charge in [-0.1, -0.05) is 0 Å². The van der Waals surface area contributed by atoms with Crippen LogP contribution in [0, 0.1) is 0 Å². The van der Waals surface area contributed by atoms with Crippen molar-refractivity contribution in [1.82, 2.24) is 0 Å². The van der Waals surface area contributed by atoms with Crippen molar-refractivity contribution in [2.75, 3.05) is 33.2 Å². The van der Waals surface area contributed by atoms with E-state index in [1.165, 1.54) is 0 Å². The maximum absolute atomic E-state index is 5.71. The maximum Gasteiger partial charge on any atom is 0.162 e. The van der Waals surface area contributed by atoms with Crippen molar-refractivity contribution in [3.63, 3.8) is 0 Å². The van der Waals surface area contributed by atoms with Gasteiger partial charge in [0.05, 0.1) is 27.4 Å². The van der Waals surface area contributed by atoms with E-state index in [4.69, 9.17) is 24.7 Å². The van der Waals surface area contributed by atoms with E-state index in [2.05, 4.69) is 0 Å². The predicted octanol–water partition coefficient (Wildman–Crippen LogP) is 3.52. The van der Waals surface area contributed by atoms with Crippen LogP contribution in [0.5, 0.6) is 23.0 Å². The molecule has 0 saturated heterocycles. The van der Waals surface area contributed by atoms with Crippen LogP contribution in [0.1, 0.15) is 12.8 Å². The molecule has 0 heterocycles. The first-order chi connectivity index (χ1) is 11.2. The van der Waals surface area contributed by atoms with E-state index in [9.17, 15) is 0 Å². The van der Waals surface area contributed by atoms with Gasteiger partial charge in [0, 0.05) is 11.8 Å². The summed E-state index contributed by atoms with van der Waals surface area (Å²) < 4.78 is 21.7. The summed E-state index contributed by atoms with van der Waals surface area (Å²) in [5.74, 6) is 3.02. The maximum atomic E-state index is 5.71. The molecule has 5 heteroatoms. The second-order valence-electron chi connectivity index (χ2n) is 4.99. The predicted molar refractivity (Wildman–Crippen MR) is 90.6 cm³/mol. The van der Waals surface area contributed by atoms with Gasteiger partial charge in [0.1, 0.15) is 11.5 Å². The zero-order valence-corrected chi connectivity index (χ0v) is 13.6. The molecule has 0 spiro atoms. The fraction of sp³-hybridized carbons (Fsp3) is 0.333. The van der Waals surface area contributed by atoms with E-state index in [1.807, 2.05) is 30.3 Å². The van der Waals surface area contributed by atoms with Gasteiger partial charge in [-0.3, -0.25) is 0 Å². The molecule has 0 aliphatic rings. The number of methoxy groups -OCH3 is 2. The van der Waals surface area contributed by atoms with Gasteiger partial charge in [0.15, 0.2) is 11.5 Å². The monoisotopic (exact) mass is 317 g/mol. The Bertz CT molecular complexity index is 598. The lowest BCUT2D eigenvalue weighted by Gasteiger charge is -2.11. The summed E-state index contributed by atoms with van der Waals surface area (Å²) in [6.45, 7) is 1.25. The van der Waals surface area contributed by atoms with Gasteiger partial charge in [-0.25, -0.2) is 0 Å². The molecule has 0 bridgehead atoms. The summed E-state index contributed by atoms with van der Waals surface area (Å²) in [6.07, 6.45) is 1.80. The minimum atomic E-state index is 0.603. The first-order valence-corrected chi connectivity index (χ1v) is 7.56. The molecule has 2 rings (SSSR count). The molecule has 2 aromatic rings. The highest BCUT2D eigenvalue weighted by Crippen LogP contribution is 2.29. The van der Waals surface area contributed by atoms with E-state index >= 15 is 0 Å². The Balaban J connectivity index is 1.65. The van der Waals surface area contributed by atoms with Crippen molar-refractivity contribution in [1.29, 1.82) is 0 Å². The third-order valence-electron chi connectivity index (χ3n) is 3.31. The average Bonchev–Trinajstić information content (AvgIpc) is 2.59. The van der Waals surface area contributed by atoms with Gasteiger partial charge < -0.3 is 24.7 Å². The molecule has 23 heavy (non-hydrogen) atoms. The number of nitrogens with two attached hydrogens (primary N) is 1. The third-order valence-corrected chi connectivity index (χ3v) is 3.31. The first-order valence-electron chi connectivity index (χ1n) is 7.56. The van der Waals surface area contributed by atoms with E-state index in [-0.39, 0.29) is 0 Å². The molecule has 5 nitrogen and oxygen atoms in total. The Morgan fingerprint density at radius 2 is 1.39 bits per heavy atom. The lowest BCUT2D eigenvalue weighted by atomic mass is 10.3. The fourth-order valence-electron chi connectivity index (χ4n) is 2.05. The number of hydrogen-bond acceptors (Lipinski definition) is 5. The molecule has 0 saturated carbocycles. The first kappa shape index (κ1) is 16.8. The van der Waals surface area contributed by atoms with Crippen LogP contribution in [-0.4, -0.2) is 27.4 Å². The summed E-state index contributed by atoms with van der Waals surface area (Å²) in [7, 11) is 3.25. The number of nitrogen functional groups attached to an aromatic ring is 1. The molecule has 0 aliphatic heterocycles. The lowest BCUT2D eigenvalue weighted by molar-refractivity contribution is 0.258. The van der Waals surface area contributed by atoms with E-state index < -0.39 is 0 Å². The number of hydrogen-bond donors (Lipinski definition) is 1. The Morgan fingerprint density at radius 1 is 0.739 bits per heavy atom. The van der Waals surface area contributed by atoms with Gasteiger partial charge in [-0.05, 0) is 49.2 Å². The molecule has 0 atom stereocenters. The van der Waals surface area contributed by atoms with Crippen LogP contribution < -0.4 is 24.7 Å². The largest absolute Gasteiger partial charge is 0.497 e. The van der Waals surface area contributed by atoms with Crippen LogP contribution in [0.2, 0.25) is 0 Å². The molecule has 0 aromatic heterocycles. The highest BCUT2D eigenvalue weighted by atomic mass is 16.5. The zero-order valence-electron chi connectivity index (χ0n) is 13.6. The van der Waals surface area contributed by atoms with Crippen LogP contribution in [0.3, 0.4) is 0 Å². The Labute approximate surface area is 136 Å². The van der Waals surface area contributed by atoms with Crippen molar-refractivity contribution < 1.29 is 18.9 Å². The Kier molecular flexibility index (Phi) is 6.41. The third kappa shape index (κ3) is 5.29. The van der Waals surface area contributed by atoms with Crippen molar-refractivity contribution in [3.8, 4) is 23.0 Å². The van der Waals surface area contributed by atoms with Crippen molar-refractivity contribution >= 4 is 5.69 Å². The summed E-state index contributed by atoms with van der Waals surface area (Å²) in [5.41, 5.74) is 6.37. The highest BCUT2D eigenvalue weighted by molar-refractivity contribution is 5.51. The molecule has 0 fully saturated rings. The van der Waals surface area contributed by atoms with Crippen LogP contribution in [-0.2, 0) is 0 Å². The fourth-order valence-corrected chi connectivity index (χ4v) is 2.05. The minimum Gasteiger partial charge on any atom is -0.497 e. The molecule has 2 N–H and O–H groups in total. The number of rotatable bonds is 9. The normalized spacial score (nSPS) is 10.2. The van der Waals surface area contributed by atoms with Gasteiger partial charge in [-0.2, -0.15) is 0 Å². The smallest absolute Gasteiger partial charge is 0.162 e. The topological polar surface area (TPSA) is 62.9 Å². The van der Waals surface area contributed by atoms with E-state index in [1.54, 1.807) is 26.4 Å². The second kappa shape index (κ2) is 8.78. The lowest BCUT2D eigenvalue weighted by Crippen LogP contribution is -2.03. The zero-order chi connectivity index (χ0) is 16.5. The summed E-state index contributed by atoms with van der Waals surface area (Å²) >= 11 is 0. The minimum absolute atomic E-state index is 0.603. The van der Waals surface area contributed by atoms with Gasteiger partial charge in [0.2, 0.25) is 0 Å².